The molecule has 20 heavy (non-hydrogen) atoms. The zero-order valence-electron chi connectivity index (χ0n) is 9.65. The van der Waals surface area contributed by atoms with Crippen LogP contribution in [0.3, 0.4) is 0 Å². The van der Waals surface area contributed by atoms with Crippen molar-refractivity contribution < 1.29 is 49.0 Å². The Labute approximate surface area is 139 Å². The maximum atomic E-state index is 7.50. The van der Waals surface area contributed by atoms with Crippen LogP contribution in [0.4, 0.5) is 0 Å². The fourth-order valence-corrected chi connectivity index (χ4v) is 0.750. The standard InChI is InChI=1S/C6H5Se.6CO.Mo/c7-6-4-2-1-3-5-6;6*1-2;/h1-5H;;;;;;;. The van der Waals surface area contributed by atoms with Crippen LogP contribution in [0.1, 0.15) is 0 Å². The van der Waals surface area contributed by atoms with Crippen LogP contribution in [-0.2, 0) is 49.0 Å². The fourth-order valence-electron chi connectivity index (χ4n) is 0.420. The predicted molar refractivity (Wildman–Crippen MR) is 55.4 cm³/mol. The van der Waals surface area contributed by atoms with E-state index in [1.165, 1.54) is 4.46 Å². The normalized spacial score (nSPS) is 3.60. The van der Waals surface area contributed by atoms with Gasteiger partial charge in [-0.1, -0.05) is 0 Å². The summed E-state index contributed by atoms with van der Waals surface area (Å²) >= 11 is 2.90. The second kappa shape index (κ2) is 108. The molecule has 8 heteroatoms. The molecule has 0 N–H and O–H groups in total. The molecule has 6 nitrogen and oxygen atoms in total. The minimum atomic E-state index is 0. The Morgan fingerprint density at radius 2 is 0.750 bits per heavy atom. The third-order valence-corrected chi connectivity index (χ3v) is 1.31. The van der Waals surface area contributed by atoms with Crippen LogP contribution in [0.25, 0.3) is 0 Å². The zero-order valence-corrected chi connectivity index (χ0v) is 13.4. The SMILES string of the molecule is [C-]#[O+].[C-]#[O+].[C-]#[O+].[C-]#[O+].[C-]#[O+].[C-]#[O+].[Mo].[Se]c1ccccc1. The van der Waals surface area contributed by atoms with Gasteiger partial charge in [-0.3, -0.25) is 0 Å². The fraction of sp³-hybridized carbons (Fsp3) is 0. The van der Waals surface area contributed by atoms with Gasteiger partial charge in [-0.25, -0.2) is 0 Å². The molecule has 0 saturated carbocycles. The summed E-state index contributed by atoms with van der Waals surface area (Å²) in [6.07, 6.45) is 0. The van der Waals surface area contributed by atoms with Gasteiger partial charge in [0.1, 0.15) is 0 Å². The Kier molecular flexibility index (Phi) is 230. The van der Waals surface area contributed by atoms with Crippen LogP contribution in [-0.4, -0.2) is 16.0 Å². The van der Waals surface area contributed by atoms with Gasteiger partial charge in [-0.15, -0.1) is 0 Å². The molecular formula is C12H5MoO6Se. The summed E-state index contributed by atoms with van der Waals surface area (Å²) in [6, 6.07) is 10.1. The van der Waals surface area contributed by atoms with Crippen molar-refractivity contribution in [3.05, 3.63) is 70.2 Å². The third kappa shape index (κ3) is 90.0. The van der Waals surface area contributed by atoms with E-state index in [-0.39, 0.29) is 21.1 Å². The summed E-state index contributed by atoms with van der Waals surface area (Å²) in [5.74, 6) is 0. The predicted octanol–water partition coefficient (Wildman–Crippen LogP) is 0.253. The molecule has 0 saturated heterocycles. The monoisotopic (exact) mass is 423 g/mol. The molecule has 1 aromatic carbocycles. The van der Waals surface area contributed by atoms with Crippen LogP contribution < -0.4 is 4.46 Å². The molecule has 0 amide bonds. The van der Waals surface area contributed by atoms with E-state index in [9.17, 15) is 0 Å². The van der Waals surface area contributed by atoms with E-state index < -0.39 is 0 Å². The Hall–Kier alpha value is -1.13. The molecular weight excluding hydrogens is 415 g/mol. The molecule has 0 aromatic heterocycles. The van der Waals surface area contributed by atoms with Crippen LogP contribution in [0.5, 0.6) is 0 Å². The molecule has 1 radical (unpaired) electrons. The molecule has 0 unspecified atom stereocenters. The van der Waals surface area contributed by atoms with Crippen molar-refractivity contribution in [2.75, 3.05) is 0 Å². The Bertz CT molecular complexity index is 306. The Balaban J connectivity index is -0.0000000227. The zero-order chi connectivity index (χ0) is 17.1. The van der Waals surface area contributed by atoms with Crippen molar-refractivity contribution in [3.63, 3.8) is 0 Å². The van der Waals surface area contributed by atoms with Crippen molar-refractivity contribution in [3.8, 4) is 0 Å². The number of rotatable bonds is 0. The Morgan fingerprint density at radius 3 is 0.850 bits per heavy atom. The number of benzene rings is 1. The van der Waals surface area contributed by atoms with E-state index >= 15 is 0 Å². The quantitative estimate of drug-likeness (QED) is 0.325. The molecule has 0 fully saturated rings. The number of hydrogen-bond donors (Lipinski definition) is 0. The van der Waals surface area contributed by atoms with Crippen LogP contribution in [0.15, 0.2) is 30.3 Å². The summed E-state index contributed by atoms with van der Waals surface area (Å²) in [6.45, 7) is 27.0. The van der Waals surface area contributed by atoms with Crippen LogP contribution in [0.2, 0.25) is 0 Å². The van der Waals surface area contributed by atoms with Gasteiger partial charge in [0.2, 0.25) is 0 Å². The summed E-state index contributed by atoms with van der Waals surface area (Å²) in [7, 11) is 0. The summed E-state index contributed by atoms with van der Waals surface area (Å²) in [5, 5.41) is 0. The van der Waals surface area contributed by atoms with Crippen molar-refractivity contribution in [2.24, 2.45) is 0 Å². The summed E-state index contributed by atoms with van der Waals surface area (Å²) in [4.78, 5) is 0. The number of hydrogen-bond acceptors (Lipinski definition) is 0. The second-order valence-electron chi connectivity index (χ2n) is 1.31. The average molecular weight is 420 g/mol. The van der Waals surface area contributed by atoms with E-state index in [0.717, 1.165) is 0 Å². The van der Waals surface area contributed by atoms with Gasteiger partial charge in [0.25, 0.3) is 0 Å². The molecule has 1 rings (SSSR count). The van der Waals surface area contributed by atoms with Gasteiger partial charge in [-0.2, -0.15) is 0 Å². The van der Waals surface area contributed by atoms with Gasteiger partial charge in [-0.05, 0) is 0 Å². The topological polar surface area (TPSA) is 119 Å². The minimum absolute atomic E-state index is 0. The van der Waals surface area contributed by atoms with Crippen molar-refractivity contribution in [2.45, 2.75) is 0 Å². The van der Waals surface area contributed by atoms with Gasteiger partial charge in [0.15, 0.2) is 0 Å². The van der Waals surface area contributed by atoms with Crippen molar-refractivity contribution >= 4 is 20.5 Å². The van der Waals surface area contributed by atoms with E-state index in [2.05, 4.69) is 55.9 Å². The van der Waals surface area contributed by atoms with E-state index in [1.54, 1.807) is 0 Å². The first-order valence-corrected chi connectivity index (χ1v) is 4.20. The molecule has 1 aromatic rings. The van der Waals surface area contributed by atoms with Crippen LogP contribution in [0, 0.1) is 39.9 Å². The molecule has 0 heterocycles. The first-order valence-electron chi connectivity index (χ1n) is 3.34. The molecule has 0 bridgehead atoms. The second-order valence-corrected chi connectivity index (χ2v) is 2.30. The molecule has 101 valence electrons. The molecule has 0 spiro atoms. The van der Waals surface area contributed by atoms with Crippen LogP contribution >= 0.6 is 0 Å². The van der Waals surface area contributed by atoms with E-state index in [1.807, 2.05) is 30.3 Å². The van der Waals surface area contributed by atoms with Gasteiger partial charge in [0.05, 0.1) is 0 Å². The van der Waals surface area contributed by atoms with Gasteiger partial charge >= 0.3 is 119 Å². The Morgan fingerprint density at radius 1 is 0.550 bits per heavy atom. The maximum absolute atomic E-state index is 7.50. The first kappa shape index (κ1) is 42.8. The molecule has 0 aliphatic heterocycles. The molecule has 0 aliphatic rings. The van der Waals surface area contributed by atoms with E-state index in [0.29, 0.717) is 0 Å². The van der Waals surface area contributed by atoms with Crippen molar-refractivity contribution in [1.82, 2.24) is 0 Å². The molecule has 0 atom stereocenters. The van der Waals surface area contributed by atoms with Crippen molar-refractivity contribution in [1.29, 1.82) is 0 Å². The van der Waals surface area contributed by atoms with Gasteiger partial charge in [0, 0.05) is 21.1 Å². The summed E-state index contributed by atoms with van der Waals surface area (Å²) in [5.41, 5.74) is 0. The molecule has 0 aliphatic carbocycles. The van der Waals surface area contributed by atoms with Gasteiger partial charge < -0.3 is 0 Å². The van der Waals surface area contributed by atoms with E-state index in [4.69, 9.17) is 27.9 Å². The first-order chi connectivity index (χ1) is 9.39. The average Bonchev–Trinajstić information content (AvgIpc) is 2.59. The summed E-state index contributed by atoms with van der Waals surface area (Å²) < 4.78 is 46.2. The third-order valence-electron chi connectivity index (χ3n) is 0.743.